The summed E-state index contributed by atoms with van der Waals surface area (Å²) in [5.41, 5.74) is 0.709. The van der Waals surface area contributed by atoms with Crippen molar-refractivity contribution in [3.63, 3.8) is 0 Å². The first-order chi connectivity index (χ1) is 10.3. The third kappa shape index (κ3) is 4.05. The van der Waals surface area contributed by atoms with Gasteiger partial charge in [-0.15, -0.1) is 11.3 Å². The van der Waals surface area contributed by atoms with Gasteiger partial charge in [0.05, 0.1) is 10.6 Å². The number of amides is 1. The van der Waals surface area contributed by atoms with Crippen LogP contribution in [0.5, 0.6) is 5.75 Å². The lowest BCUT2D eigenvalue weighted by atomic mass is 10.3. The predicted octanol–water partition coefficient (Wildman–Crippen LogP) is 2.11. The molecule has 0 aliphatic rings. The molecule has 0 aliphatic heterocycles. The summed E-state index contributed by atoms with van der Waals surface area (Å²) in [5.74, 6) is 0.472. The van der Waals surface area contributed by atoms with Crippen LogP contribution in [-0.2, 0) is 21.2 Å². The maximum absolute atomic E-state index is 11.4. The molecule has 0 bridgehead atoms. The molecule has 0 aliphatic carbocycles. The summed E-state index contributed by atoms with van der Waals surface area (Å²) in [6, 6.07) is 6.21. The topological polar surface area (TPSA) is 76.6 Å². The van der Waals surface area contributed by atoms with Crippen LogP contribution in [0.2, 0.25) is 0 Å². The number of ether oxygens (including phenoxy) is 1. The highest BCUT2D eigenvalue weighted by Crippen LogP contribution is 2.21. The molecule has 2 aromatic rings. The number of carbonyl (C=O) groups is 1. The maximum atomic E-state index is 11.4. The first-order valence-corrected chi connectivity index (χ1v) is 9.16. The number of aromatic nitrogens is 1. The van der Waals surface area contributed by atoms with Crippen LogP contribution in [0, 0.1) is 0 Å². The number of hydrogen-bond acceptors (Lipinski definition) is 6. The van der Waals surface area contributed by atoms with Crippen LogP contribution in [0.15, 0.2) is 34.5 Å². The number of nitrogens with zero attached hydrogens (tertiary/aromatic N) is 2. The van der Waals surface area contributed by atoms with Crippen molar-refractivity contribution in [2.75, 3.05) is 18.2 Å². The number of hydrogen-bond donors (Lipinski definition) is 0. The second-order valence-corrected chi connectivity index (χ2v) is 7.58. The van der Waals surface area contributed by atoms with Gasteiger partial charge in [-0.3, -0.25) is 9.69 Å². The van der Waals surface area contributed by atoms with E-state index in [2.05, 4.69) is 4.98 Å². The Morgan fingerprint density at radius 1 is 1.32 bits per heavy atom. The number of rotatable bonds is 5. The fraction of sp³-hybridized carbons (Fsp3) is 0.286. The summed E-state index contributed by atoms with van der Waals surface area (Å²) >= 11 is 1.36. The van der Waals surface area contributed by atoms with Crippen molar-refractivity contribution in [1.82, 2.24) is 4.98 Å². The molecule has 22 heavy (non-hydrogen) atoms. The summed E-state index contributed by atoms with van der Waals surface area (Å²) < 4.78 is 28.3. The Hall–Kier alpha value is -1.93. The summed E-state index contributed by atoms with van der Waals surface area (Å²) in [6.45, 7) is 1.72. The minimum absolute atomic E-state index is 0.0850. The van der Waals surface area contributed by atoms with Gasteiger partial charge in [0.15, 0.2) is 15.0 Å². The van der Waals surface area contributed by atoms with Gasteiger partial charge in [0, 0.05) is 25.6 Å². The van der Waals surface area contributed by atoms with Gasteiger partial charge in [-0.05, 0) is 24.3 Å². The van der Waals surface area contributed by atoms with Gasteiger partial charge < -0.3 is 4.74 Å². The molecular formula is C14H16N2O4S2. The number of benzene rings is 1. The minimum atomic E-state index is -3.20. The standard InChI is InChI=1S/C14H16N2O4S2/c1-10(17)16(2)14-15-11(9-21-14)8-20-12-4-6-13(7-5-12)22(3,18)19/h4-7,9H,8H2,1-3H3. The van der Waals surface area contributed by atoms with E-state index in [1.165, 1.54) is 35.3 Å². The lowest BCUT2D eigenvalue weighted by Crippen LogP contribution is -2.22. The van der Waals surface area contributed by atoms with Crippen molar-refractivity contribution >= 4 is 32.2 Å². The fourth-order valence-electron chi connectivity index (χ4n) is 1.59. The smallest absolute Gasteiger partial charge is 0.225 e. The molecule has 1 aromatic carbocycles. The molecule has 0 spiro atoms. The summed E-state index contributed by atoms with van der Waals surface area (Å²) in [6.07, 6.45) is 1.16. The van der Waals surface area contributed by atoms with Crippen molar-refractivity contribution in [2.24, 2.45) is 0 Å². The zero-order valence-electron chi connectivity index (χ0n) is 12.4. The van der Waals surface area contributed by atoms with E-state index in [4.69, 9.17) is 4.74 Å². The van der Waals surface area contributed by atoms with Crippen LogP contribution in [0.3, 0.4) is 0 Å². The largest absolute Gasteiger partial charge is 0.487 e. The van der Waals surface area contributed by atoms with Crippen molar-refractivity contribution in [2.45, 2.75) is 18.4 Å². The Morgan fingerprint density at radius 2 is 1.95 bits per heavy atom. The van der Waals surface area contributed by atoms with Crippen LogP contribution in [0.4, 0.5) is 5.13 Å². The molecule has 8 heteroatoms. The van der Waals surface area contributed by atoms with Crippen LogP contribution >= 0.6 is 11.3 Å². The molecule has 6 nitrogen and oxygen atoms in total. The average Bonchev–Trinajstić information content (AvgIpc) is 2.92. The fourth-order valence-corrected chi connectivity index (χ4v) is 3.04. The summed E-state index contributed by atoms with van der Waals surface area (Å²) in [4.78, 5) is 17.3. The number of anilines is 1. The van der Waals surface area contributed by atoms with Crippen LogP contribution < -0.4 is 9.64 Å². The highest BCUT2D eigenvalue weighted by atomic mass is 32.2. The van der Waals surface area contributed by atoms with E-state index in [0.717, 1.165) is 6.26 Å². The van der Waals surface area contributed by atoms with Crippen molar-refractivity contribution in [1.29, 1.82) is 0 Å². The molecule has 0 atom stereocenters. The third-order valence-electron chi connectivity index (χ3n) is 2.94. The third-order valence-corrected chi connectivity index (χ3v) is 5.03. The van der Waals surface area contributed by atoms with Gasteiger partial charge in [-0.25, -0.2) is 13.4 Å². The molecule has 0 unspecified atom stereocenters. The molecule has 1 amide bonds. The number of thiazole rings is 1. The lowest BCUT2D eigenvalue weighted by molar-refractivity contribution is -0.116. The highest BCUT2D eigenvalue weighted by Gasteiger charge is 2.11. The molecule has 0 saturated carbocycles. The molecule has 1 heterocycles. The Labute approximate surface area is 133 Å². The Morgan fingerprint density at radius 3 is 2.50 bits per heavy atom. The van der Waals surface area contributed by atoms with E-state index in [1.54, 1.807) is 19.2 Å². The molecule has 0 N–H and O–H groups in total. The first kappa shape index (κ1) is 16.4. The van der Waals surface area contributed by atoms with E-state index in [9.17, 15) is 13.2 Å². The van der Waals surface area contributed by atoms with E-state index in [0.29, 0.717) is 16.6 Å². The van der Waals surface area contributed by atoms with Crippen LogP contribution in [0.25, 0.3) is 0 Å². The number of carbonyl (C=O) groups excluding carboxylic acids is 1. The molecule has 0 radical (unpaired) electrons. The zero-order chi connectivity index (χ0) is 16.3. The zero-order valence-corrected chi connectivity index (χ0v) is 14.1. The quantitative estimate of drug-likeness (QED) is 0.833. The van der Waals surface area contributed by atoms with E-state index >= 15 is 0 Å². The van der Waals surface area contributed by atoms with Gasteiger partial charge in [-0.1, -0.05) is 0 Å². The second kappa shape index (κ2) is 6.45. The van der Waals surface area contributed by atoms with E-state index < -0.39 is 9.84 Å². The van der Waals surface area contributed by atoms with Crippen LogP contribution in [0.1, 0.15) is 12.6 Å². The lowest BCUT2D eigenvalue weighted by Gasteiger charge is -2.09. The van der Waals surface area contributed by atoms with Gasteiger partial charge in [0.2, 0.25) is 5.91 Å². The van der Waals surface area contributed by atoms with E-state index in [-0.39, 0.29) is 17.4 Å². The highest BCUT2D eigenvalue weighted by molar-refractivity contribution is 7.90. The van der Waals surface area contributed by atoms with Gasteiger partial charge in [-0.2, -0.15) is 0 Å². The summed E-state index contributed by atoms with van der Waals surface area (Å²) in [5, 5.41) is 2.43. The maximum Gasteiger partial charge on any atom is 0.225 e. The predicted molar refractivity (Wildman–Crippen MR) is 85.1 cm³/mol. The van der Waals surface area contributed by atoms with Gasteiger partial charge in [0.25, 0.3) is 0 Å². The Balaban J connectivity index is 2.00. The first-order valence-electron chi connectivity index (χ1n) is 6.39. The Bertz CT molecular complexity index is 766. The van der Waals surface area contributed by atoms with E-state index in [1.807, 2.05) is 5.38 Å². The van der Waals surface area contributed by atoms with Gasteiger partial charge in [0.1, 0.15) is 12.4 Å². The molecule has 0 fully saturated rings. The normalized spacial score (nSPS) is 11.2. The molecule has 2 rings (SSSR count). The molecule has 1 aromatic heterocycles. The van der Waals surface area contributed by atoms with Gasteiger partial charge >= 0.3 is 0 Å². The number of sulfone groups is 1. The summed E-state index contributed by atoms with van der Waals surface area (Å²) in [7, 11) is -1.54. The SMILES string of the molecule is CC(=O)N(C)c1nc(COc2ccc(S(C)(=O)=O)cc2)cs1. The van der Waals surface area contributed by atoms with Crippen molar-refractivity contribution in [3.8, 4) is 5.75 Å². The van der Waals surface area contributed by atoms with Crippen molar-refractivity contribution < 1.29 is 17.9 Å². The monoisotopic (exact) mass is 340 g/mol. The molecular weight excluding hydrogens is 324 g/mol. The van der Waals surface area contributed by atoms with Crippen molar-refractivity contribution in [3.05, 3.63) is 35.3 Å². The van der Waals surface area contributed by atoms with Crippen LogP contribution in [-0.4, -0.2) is 32.6 Å². The molecule has 118 valence electrons. The minimum Gasteiger partial charge on any atom is -0.487 e. The Kier molecular flexibility index (Phi) is 4.82. The average molecular weight is 340 g/mol. The second-order valence-electron chi connectivity index (χ2n) is 4.73. The molecule has 0 saturated heterocycles.